The van der Waals surface area contributed by atoms with Gasteiger partial charge in [-0.3, -0.25) is 0 Å². The smallest absolute Gasteiger partial charge is 0.214 e. The SMILES string of the molecule is CCS(=O)(=O)N1CCOC[C@@]2(C[C@H](CN(C)C(C)C)CO2)C1. The molecule has 0 unspecified atom stereocenters. The number of ether oxygens (including phenoxy) is 2. The molecule has 2 heterocycles. The molecule has 0 bridgehead atoms. The highest BCUT2D eigenvalue weighted by Crippen LogP contribution is 2.34. The zero-order valence-electron chi connectivity index (χ0n) is 14.2. The molecule has 130 valence electrons. The lowest BCUT2D eigenvalue weighted by atomic mass is 9.94. The van der Waals surface area contributed by atoms with Crippen LogP contribution in [0.5, 0.6) is 0 Å². The molecule has 2 saturated heterocycles. The van der Waals surface area contributed by atoms with Crippen molar-refractivity contribution in [1.29, 1.82) is 0 Å². The van der Waals surface area contributed by atoms with Crippen molar-refractivity contribution < 1.29 is 17.9 Å². The fourth-order valence-corrected chi connectivity index (χ4v) is 4.33. The van der Waals surface area contributed by atoms with E-state index in [9.17, 15) is 8.42 Å². The molecule has 0 amide bonds. The molecule has 2 rings (SSSR count). The van der Waals surface area contributed by atoms with Gasteiger partial charge >= 0.3 is 0 Å². The fraction of sp³-hybridized carbons (Fsp3) is 1.00. The zero-order valence-corrected chi connectivity index (χ0v) is 15.1. The van der Waals surface area contributed by atoms with Crippen LogP contribution < -0.4 is 0 Å². The van der Waals surface area contributed by atoms with Crippen LogP contribution in [-0.2, 0) is 19.5 Å². The summed E-state index contributed by atoms with van der Waals surface area (Å²) in [4.78, 5) is 2.31. The Labute approximate surface area is 134 Å². The third kappa shape index (κ3) is 4.20. The zero-order chi connectivity index (χ0) is 16.4. The van der Waals surface area contributed by atoms with Gasteiger partial charge in [-0.1, -0.05) is 0 Å². The summed E-state index contributed by atoms with van der Waals surface area (Å²) in [7, 11) is -1.08. The predicted molar refractivity (Wildman–Crippen MR) is 86.4 cm³/mol. The first-order valence-electron chi connectivity index (χ1n) is 8.18. The minimum Gasteiger partial charge on any atom is -0.377 e. The van der Waals surface area contributed by atoms with Crippen LogP contribution in [0.25, 0.3) is 0 Å². The molecule has 0 N–H and O–H groups in total. The second-order valence-electron chi connectivity index (χ2n) is 6.88. The number of nitrogens with zero attached hydrogens (tertiary/aromatic N) is 2. The third-order valence-electron chi connectivity index (χ3n) is 4.79. The maximum atomic E-state index is 12.2. The topological polar surface area (TPSA) is 59.1 Å². The maximum absolute atomic E-state index is 12.2. The number of hydrogen-bond donors (Lipinski definition) is 0. The molecule has 0 radical (unpaired) electrons. The van der Waals surface area contributed by atoms with E-state index in [0.717, 1.165) is 13.0 Å². The van der Waals surface area contributed by atoms with Crippen molar-refractivity contribution in [1.82, 2.24) is 9.21 Å². The first-order chi connectivity index (χ1) is 10.3. The van der Waals surface area contributed by atoms with E-state index < -0.39 is 15.6 Å². The van der Waals surface area contributed by atoms with E-state index in [0.29, 0.717) is 44.9 Å². The molecule has 2 aliphatic heterocycles. The Morgan fingerprint density at radius 1 is 1.41 bits per heavy atom. The Balaban J connectivity index is 2.04. The van der Waals surface area contributed by atoms with Gasteiger partial charge in [0.2, 0.25) is 10.0 Å². The Morgan fingerprint density at radius 3 is 2.77 bits per heavy atom. The van der Waals surface area contributed by atoms with Crippen molar-refractivity contribution in [2.75, 3.05) is 52.3 Å². The lowest BCUT2D eigenvalue weighted by Crippen LogP contribution is -2.46. The Kier molecular flexibility index (Phi) is 5.88. The van der Waals surface area contributed by atoms with Gasteiger partial charge in [-0.05, 0) is 40.2 Å². The van der Waals surface area contributed by atoms with E-state index in [1.54, 1.807) is 11.2 Å². The Morgan fingerprint density at radius 2 is 2.14 bits per heavy atom. The highest BCUT2D eigenvalue weighted by Gasteiger charge is 2.45. The summed E-state index contributed by atoms with van der Waals surface area (Å²) < 4.78 is 37.7. The second kappa shape index (κ2) is 7.13. The number of rotatable bonds is 5. The molecular formula is C15H30N2O4S. The van der Waals surface area contributed by atoms with Crippen LogP contribution in [0.1, 0.15) is 27.2 Å². The van der Waals surface area contributed by atoms with E-state index in [-0.39, 0.29) is 5.75 Å². The van der Waals surface area contributed by atoms with Crippen LogP contribution in [0.15, 0.2) is 0 Å². The van der Waals surface area contributed by atoms with Gasteiger partial charge in [-0.15, -0.1) is 0 Å². The van der Waals surface area contributed by atoms with Crippen molar-refractivity contribution in [2.45, 2.75) is 38.8 Å². The summed E-state index contributed by atoms with van der Waals surface area (Å²) in [5.74, 6) is 0.558. The molecule has 2 fully saturated rings. The molecular weight excluding hydrogens is 304 g/mol. The molecule has 0 saturated carbocycles. The monoisotopic (exact) mass is 334 g/mol. The summed E-state index contributed by atoms with van der Waals surface area (Å²) >= 11 is 0. The van der Waals surface area contributed by atoms with Crippen LogP contribution in [0.3, 0.4) is 0 Å². The summed E-state index contributed by atoms with van der Waals surface area (Å²) in [6.07, 6.45) is 0.861. The van der Waals surface area contributed by atoms with Crippen LogP contribution in [0.2, 0.25) is 0 Å². The molecule has 2 atom stereocenters. The van der Waals surface area contributed by atoms with Crippen LogP contribution in [0, 0.1) is 5.92 Å². The van der Waals surface area contributed by atoms with E-state index in [1.807, 2.05) is 0 Å². The summed E-state index contributed by atoms with van der Waals surface area (Å²) in [6.45, 7) is 9.48. The average Bonchev–Trinajstić information content (AvgIpc) is 2.71. The normalized spacial score (nSPS) is 31.3. The number of hydrogen-bond acceptors (Lipinski definition) is 5. The molecule has 22 heavy (non-hydrogen) atoms. The van der Waals surface area contributed by atoms with Crippen molar-refractivity contribution >= 4 is 10.0 Å². The molecule has 0 aromatic rings. The molecule has 7 heteroatoms. The standard InChI is InChI=1S/C15H30N2O4S/c1-5-22(18,19)17-6-7-20-12-15(11-17)8-14(10-21-15)9-16(4)13(2)3/h13-14H,5-12H2,1-4H3/t14-,15-/m1/s1. The van der Waals surface area contributed by atoms with Crippen molar-refractivity contribution in [3.8, 4) is 0 Å². The molecule has 6 nitrogen and oxygen atoms in total. The average molecular weight is 334 g/mol. The van der Waals surface area contributed by atoms with Crippen molar-refractivity contribution in [3.05, 3.63) is 0 Å². The molecule has 0 aromatic carbocycles. The van der Waals surface area contributed by atoms with Gasteiger partial charge < -0.3 is 14.4 Å². The summed E-state index contributed by atoms with van der Waals surface area (Å²) in [5, 5.41) is 0. The van der Waals surface area contributed by atoms with Gasteiger partial charge in [0, 0.05) is 25.7 Å². The van der Waals surface area contributed by atoms with Crippen LogP contribution in [-0.4, -0.2) is 81.5 Å². The van der Waals surface area contributed by atoms with Crippen molar-refractivity contribution in [2.24, 2.45) is 5.92 Å². The first-order valence-corrected chi connectivity index (χ1v) is 9.79. The highest BCUT2D eigenvalue weighted by molar-refractivity contribution is 7.89. The first kappa shape index (κ1) is 18.1. The van der Waals surface area contributed by atoms with E-state index >= 15 is 0 Å². The Hall–Kier alpha value is -0.210. The lowest BCUT2D eigenvalue weighted by Gasteiger charge is -2.31. The minimum absolute atomic E-state index is 0.128. The summed E-state index contributed by atoms with van der Waals surface area (Å²) in [5.41, 5.74) is -0.471. The molecule has 0 aliphatic carbocycles. The predicted octanol–water partition coefficient (Wildman–Crippen LogP) is 0.784. The molecule has 0 aromatic heterocycles. The largest absolute Gasteiger partial charge is 0.377 e. The van der Waals surface area contributed by atoms with Crippen LogP contribution >= 0.6 is 0 Å². The van der Waals surface area contributed by atoms with E-state index in [4.69, 9.17) is 9.47 Å². The van der Waals surface area contributed by atoms with Gasteiger partial charge in [0.05, 0.1) is 25.6 Å². The van der Waals surface area contributed by atoms with Gasteiger partial charge in [0.25, 0.3) is 0 Å². The summed E-state index contributed by atoms with van der Waals surface area (Å²) in [6, 6.07) is 0.499. The van der Waals surface area contributed by atoms with Crippen molar-refractivity contribution in [3.63, 3.8) is 0 Å². The van der Waals surface area contributed by atoms with E-state index in [1.165, 1.54) is 0 Å². The van der Waals surface area contributed by atoms with Crippen LogP contribution in [0.4, 0.5) is 0 Å². The van der Waals surface area contributed by atoms with Gasteiger partial charge in [0.15, 0.2) is 0 Å². The van der Waals surface area contributed by atoms with Gasteiger partial charge in [0.1, 0.15) is 5.60 Å². The van der Waals surface area contributed by atoms with Gasteiger partial charge in [-0.2, -0.15) is 4.31 Å². The maximum Gasteiger partial charge on any atom is 0.214 e. The minimum atomic E-state index is -3.20. The fourth-order valence-electron chi connectivity index (χ4n) is 3.18. The van der Waals surface area contributed by atoms with Gasteiger partial charge in [-0.25, -0.2) is 8.42 Å². The Bertz CT molecular complexity index is 468. The molecule has 2 aliphatic rings. The number of sulfonamides is 1. The lowest BCUT2D eigenvalue weighted by molar-refractivity contribution is -0.0512. The van der Waals surface area contributed by atoms with E-state index in [2.05, 4.69) is 25.8 Å². The molecule has 1 spiro atoms. The second-order valence-corrected chi connectivity index (χ2v) is 9.14. The third-order valence-corrected chi connectivity index (χ3v) is 6.61. The quantitative estimate of drug-likeness (QED) is 0.744. The highest BCUT2D eigenvalue weighted by atomic mass is 32.2.